The Morgan fingerprint density at radius 2 is 2.21 bits per heavy atom. The number of pyridine rings is 1. The van der Waals surface area contributed by atoms with Crippen molar-refractivity contribution in [2.45, 2.75) is 20.3 Å². The average molecular weight is 213 g/mol. The lowest BCUT2D eigenvalue weighted by Crippen LogP contribution is -2.24. The highest BCUT2D eigenvalue weighted by Gasteiger charge is 2.05. The molecule has 1 heterocycles. The van der Waals surface area contributed by atoms with Gasteiger partial charge in [-0.15, -0.1) is 0 Å². The second-order valence-corrected chi connectivity index (χ2v) is 4.16. The highest BCUT2D eigenvalue weighted by molar-refractivity contribution is 6.30. The summed E-state index contributed by atoms with van der Waals surface area (Å²) in [4.78, 5) is 6.42. The number of hydrogen-bond donors (Lipinski definition) is 0. The number of rotatable bonds is 4. The van der Waals surface area contributed by atoms with E-state index in [0.29, 0.717) is 10.9 Å². The van der Waals surface area contributed by atoms with Crippen molar-refractivity contribution in [2.24, 2.45) is 5.92 Å². The number of anilines is 1. The molecule has 3 heteroatoms. The van der Waals surface area contributed by atoms with Crippen LogP contribution in [0.2, 0.25) is 5.02 Å². The van der Waals surface area contributed by atoms with Crippen LogP contribution in [0.3, 0.4) is 0 Å². The Balaban J connectivity index is 2.60. The molecule has 0 spiro atoms. The van der Waals surface area contributed by atoms with Crippen LogP contribution in [0.25, 0.3) is 0 Å². The van der Waals surface area contributed by atoms with Crippen molar-refractivity contribution < 1.29 is 0 Å². The molecule has 0 radical (unpaired) electrons. The van der Waals surface area contributed by atoms with Crippen LogP contribution in [0.1, 0.15) is 20.3 Å². The first kappa shape index (κ1) is 11.3. The molecule has 0 bridgehead atoms. The second kappa shape index (κ2) is 5.20. The normalized spacial score (nSPS) is 12.6. The Morgan fingerprint density at radius 3 is 2.71 bits per heavy atom. The van der Waals surface area contributed by atoms with Crippen molar-refractivity contribution in [1.29, 1.82) is 0 Å². The maximum Gasteiger partial charge on any atom is 0.128 e. The lowest BCUT2D eigenvalue weighted by molar-refractivity contribution is 0.558. The molecule has 1 rings (SSSR count). The van der Waals surface area contributed by atoms with Crippen LogP contribution in [0, 0.1) is 5.92 Å². The quantitative estimate of drug-likeness (QED) is 0.762. The average Bonchev–Trinajstić information content (AvgIpc) is 2.18. The molecule has 0 N–H and O–H groups in total. The van der Waals surface area contributed by atoms with E-state index in [4.69, 9.17) is 11.6 Å². The second-order valence-electron chi connectivity index (χ2n) is 3.73. The number of aromatic nitrogens is 1. The smallest absolute Gasteiger partial charge is 0.128 e. The lowest BCUT2D eigenvalue weighted by atomic mass is 10.1. The summed E-state index contributed by atoms with van der Waals surface area (Å²) in [7, 11) is 2.06. The third-order valence-electron chi connectivity index (χ3n) is 2.39. The van der Waals surface area contributed by atoms with Crippen molar-refractivity contribution in [2.75, 3.05) is 18.5 Å². The van der Waals surface area contributed by atoms with Gasteiger partial charge in [-0.3, -0.25) is 0 Å². The number of hydrogen-bond acceptors (Lipinski definition) is 2. The first-order chi connectivity index (χ1) is 6.63. The first-order valence-electron chi connectivity index (χ1n) is 4.96. The number of halogens is 1. The van der Waals surface area contributed by atoms with Gasteiger partial charge in [-0.25, -0.2) is 4.98 Å². The van der Waals surface area contributed by atoms with Gasteiger partial charge >= 0.3 is 0 Å². The molecule has 0 aliphatic rings. The van der Waals surface area contributed by atoms with Gasteiger partial charge in [-0.1, -0.05) is 31.9 Å². The molecule has 0 saturated carbocycles. The van der Waals surface area contributed by atoms with Crippen LogP contribution in [-0.2, 0) is 0 Å². The Hall–Kier alpha value is -0.760. The molecular weight excluding hydrogens is 196 g/mol. The van der Waals surface area contributed by atoms with Crippen LogP contribution in [0.5, 0.6) is 0 Å². The van der Waals surface area contributed by atoms with E-state index in [2.05, 4.69) is 30.8 Å². The van der Waals surface area contributed by atoms with Gasteiger partial charge < -0.3 is 4.90 Å². The summed E-state index contributed by atoms with van der Waals surface area (Å²) in [5.74, 6) is 1.67. The topological polar surface area (TPSA) is 16.1 Å². The Bertz CT molecular complexity index is 271. The van der Waals surface area contributed by atoms with Crippen LogP contribution in [-0.4, -0.2) is 18.6 Å². The van der Waals surface area contributed by atoms with Crippen molar-refractivity contribution >= 4 is 17.4 Å². The lowest BCUT2D eigenvalue weighted by Gasteiger charge is -2.21. The third kappa shape index (κ3) is 3.18. The third-order valence-corrected chi connectivity index (χ3v) is 2.61. The van der Waals surface area contributed by atoms with E-state index < -0.39 is 0 Å². The largest absolute Gasteiger partial charge is 0.359 e. The summed E-state index contributed by atoms with van der Waals surface area (Å²) >= 11 is 5.77. The van der Waals surface area contributed by atoms with E-state index in [1.54, 1.807) is 6.20 Å². The standard InChI is InChI=1S/C11H17ClN2/c1-4-9(2)8-14(3)11-6-5-10(12)7-13-11/h5-7,9H,4,8H2,1-3H3. The van der Waals surface area contributed by atoms with Gasteiger partial charge in [0.1, 0.15) is 5.82 Å². The Kier molecular flexibility index (Phi) is 4.21. The van der Waals surface area contributed by atoms with E-state index >= 15 is 0 Å². The summed E-state index contributed by atoms with van der Waals surface area (Å²) in [6.07, 6.45) is 2.88. The van der Waals surface area contributed by atoms with Gasteiger partial charge in [0.2, 0.25) is 0 Å². The van der Waals surface area contributed by atoms with E-state index in [-0.39, 0.29) is 0 Å². The summed E-state index contributed by atoms with van der Waals surface area (Å²) in [6.45, 7) is 5.48. The minimum atomic E-state index is 0.686. The molecule has 2 nitrogen and oxygen atoms in total. The molecule has 78 valence electrons. The predicted octanol–water partition coefficient (Wildman–Crippen LogP) is 3.22. The highest BCUT2D eigenvalue weighted by atomic mass is 35.5. The molecule has 0 fully saturated rings. The van der Waals surface area contributed by atoms with Crippen LogP contribution in [0.15, 0.2) is 18.3 Å². The molecular formula is C11H17ClN2. The van der Waals surface area contributed by atoms with Crippen molar-refractivity contribution in [1.82, 2.24) is 4.98 Å². The SMILES string of the molecule is CCC(C)CN(C)c1ccc(Cl)cn1. The Morgan fingerprint density at radius 1 is 1.50 bits per heavy atom. The van der Waals surface area contributed by atoms with Crippen molar-refractivity contribution in [3.05, 3.63) is 23.4 Å². The minimum absolute atomic E-state index is 0.686. The van der Waals surface area contributed by atoms with Crippen LogP contribution >= 0.6 is 11.6 Å². The molecule has 0 aliphatic heterocycles. The fourth-order valence-corrected chi connectivity index (χ4v) is 1.40. The zero-order valence-corrected chi connectivity index (χ0v) is 9.75. The van der Waals surface area contributed by atoms with Crippen LogP contribution < -0.4 is 4.90 Å². The van der Waals surface area contributed by atoms with E-state index in [9.17, 15) is 0 Å². The van der Waals surface area contributed by atoms with Gasteiger partial charge in [0.15, 0.2) is 0 Å². The molecule has 0 aromatic carbocycles. The summed E-state index contributed by atoms with van der Waals surface area (Å²) in [6, 6.07) is 3.82. The summed E-state index contributed by atoms with van der Waals surface area (Å²) in [5.41, 5.74) is 0. The minimum Gasteiger partial charge on any atom is -0.359 e. The maximum atomic E-state index is 5.77. The van der Waals surface area contributed by atoms with Gasteiger partial charge in [0, 0.05) is 19.8 Å². The van der Waals surface area contributed by atoms with Gasteiger partial charge in [0.25, 0.3) is 0 Å². The molecule has 0 aliphatic carbocycles. The van der Waals surface area contributed by atoms with Crippen molar-refractivity contribution in [3.63, 3.8) is 0 Å². The van der Waals surface area contributed by atoms with E-state index in [1.165, 1.54) is 6.42 Å². The number of nitrogens with zero attached hydrogens (tertiary/aromatic N) is 2. The maximum absolute atomic E-state index is 5.77. The van der Waals surface area contributed by atoms with Gasteiger partial charge in [-0.2, -0.15) is 0 Å². The molecule has 14 heavy (non-hydrogen) atoms. The van der Waals surface area contributed by atoms with Gasteiger partial charge in [-0.05, 0) is 18.1 Å². The zero-order chi connectivity index (χ0) is 10.6. The molecule has 1 aromatic rings. The molecule has 0 amide bonds. The van der Waals surface area contributed by atoms with Crippen molar-refractivity contribution in [3.8, 4) is 0 Å². The fourth-order valence-electron chi connectivity index (χ4n) is 1.28. The molecule has 1 atom stereocenters. The molecule has 0 saturated heterocycles. The molecule has 1 aromatic heterocycles. The fraction of sp³-hybridized carbons (Fsp3) is 0.545. The summed E-state index contributed by atoms with van der Waals surface area (Å²) < 4.78 is 0. The van der Waals surface area contributed by atoms with Gasteiger partial charge in [0.05, 0.1) is 5.02 Å². The summed E-state index contributed by atoms with van der Waals surface area (Å²) in [5, 5.41) is 0.686. The molecule has 1 unspecified atom stereocenters. The van der Waals surface area contributed by atoms with E-state index in [1.807, 2.05) is 12.1 Å². The monoisotopic (exact) mass is 212 g/mol. The predicted molar refractivity (Wildman–Crippen MR) is 62.0 cm³/mol. The Labute approximate surface area is 90.9 Å². The van der Waals surface area contributed by atoms with E-state index in [0.717, 1.165) is 12.4 Å². The highest BCUT2D eigenvalue weighted by Crippen LogP contribution is 2.14. The zero-order valence-electron chi connectivity index (χ0n) is 9.00. The van der Waals surface area contributed by atoms with Crippen LogP contribution in [0.4, 0.5) is 5.82 Å². The first-order valence-corrected chi connectivity index (χ1v) is 5.34.